The summed E-state index contributed by atoms with van der Waals surface area (Å²) in [5.41, 5.74) is 4.04. The van der Waals surface area contributed by atoms with Crippen LogP contribution in [-0.4, -0.2) is 15.9 Å². The Kier molecular flexibility index (Phi) is 5.40. The maximum atomic E-state index is 12.4. The highest BCUT2D eigenvalue weighted by Gasteiger charge is 2.35. The molecule has 1 aliphatic carbocycles. The average molecular weight is 432 g/mol. The molecule has 0 bridgehead atoms. The summed E-state index contributed by atoms with van der Waals surface area (Å²) < 4.78 is 43.6. The van der Waals surface area contributed by atoms with Crippen LogP contribution in [0.15, 0.2) is 42.5 Å². The lowest BCUT2D eigenvalue weighted by Gasteiger charge is -2.40. The summed E-state index contributed by atoms with van der Waals surface area (Å²) >= 11 is 0. The molecule has 2 aromatic carbocycles. The Morgan fingerprint density at radius 2 is 1.81 bits per heavy atom. The first-order chi connectivity index (χ1) is 14.5. The minimum atomic E-state index is -4.70. The molecule has 0 amide bonds. The predicted octanol–water partition coefficient (Wildman–Crippen LogP) is 7.37. The quantitative estimate of drug-likeness (QED) is 0.469. The Balaban J connectivity index is 1.70. The van der Waals surface area contributed by atoms with Crippen LogP contribution in [0, 0.1) is 18.3 Å². The summed E-state index contributed by atoms with van der Waals surface area (Å²) in [6.07, 6.45) is -1.40. The molecule has 4 rings (SSSR count). The van der Waals surface area contributed by atoms with E-state index in [1.54, 1.807) is 12.1 Å². The third-order valence-electron chi connectivity index (χ3n) is 5.92. The Labute approximate surface area is 180 Å². The summed E-state index contributed by atoms with van der Waals surface area (Å²) in [6, 6.07) is 12.3. The van der Waals surface area contributed by atoms with Gasteiger partial charge in [-0.15, -0.1) is 13.2 Å². The van der Waals surface area contributed by atoms with Crippen molar-refractivity contribution < 1.29 is 17.9 Å². The van der Waals surface area contributed by atoms with E-state index < -0.39 is 6.36 Å². The number of halogens is 3. The number of imidazole rings is 1. The van der Waals surface area contributed by atoms with Gasteiger partial charge in [0.2, 0.25) is 5.95 Å². The molecule has 3 aromatic rings. The highest BCUT2D eigenvalue weighted by molar-refractivity contribution is 5.80. The molecule has 166 valence electrons. The molecular formula is C24H28F3N3O. The van der Waals surface area contributed by atoms with Crippen molar-refractivity contribution in [1.82, 2.24) is 9.55 Å². The number of nitrogens with zero attached hydrogens (tertiary/aromatic N) is 2. The van der Waals surface area contributed by atoms with Crippen LogP contribution in [0.1, 0.15) is 51.6 Å². The van der Waals surface area contributed by atoms with Crippen molar-refractivity contribution >= 4 is 22.7 Å². The molecule has 7 heteroatoms. The summed E-state index contributed by atoms with van der Waals surface area (Å²) in [6.45, 7) is 8.99. The Morgan fingerprint density at radius 1 is 1.10 bits per heavy atom. The number of hydrogen-bond donors (Lipinski definition) is 1. The van der Waals surface area contributed by atoms with Gasteiger partial charge in [0.25, 0.3) is 0 Å². The molecule has 0 unspecified atom stereocenters. The highest BCUT2D eigenvalue weighted by Crippen LogP contribution is 2.46. The van der Waals surface area contributed by atoms with E-state index in [2.05, 4.69) is 48.4 Å². The lowest BCUT2D eigenvalue weighted by Crippen LogP contribution is -2.29. The topological polar surface area (TPSA) is 39.1 Å². The molecule has 0 radical (unpaired) electrons. The standard InChI is InChI=1S/C24H28F3N3O/c1-15-5-10-20-21(12-15)30(18-11-16(2)13-23(3,4)14-18)22(29-20)28-17-6-8-19(9-7-17)31-24(25,26)27/h5-10,12,16,18H,11,13-14H2,1-4H3,(H,28,29)/t16-,18+/m1/s1. The summed E-state index contributed by atoms with van der Waals surface area (Å²) in [5.74, 6) is 1.06. The van der Waals surface area contributed by atoms with Gasteiger partial charge < -0.3 is 14.6 Å². The van der Waals surface area contributed by atoms with Crippen molar-refractivity contribution in [2.24, 2.45) is 11.3 Å². The largest absolute Gasteiger partial charge is 0.573 e. The maximum absolute atomic E-state index is 12.4. The molecule has 1 heterocycles. The molecule has 1 fully saturated rings. The molecule has 1 aliphatic rings. The van der Waals surface area contributed by atoms with E-state index in [0.29, 0.717) is 23.6 Å². The van der Waals surface area contributed by atoms with Gasteiger partial charge in [0.15, 0.2) is 0 Å². The third-order valence-corrected chi connectivity index (χ3v) is 5.92. The fraction of sp³-hybridized carbons (Fsp3) is 0.458. The third kappa shape index (κ3) is 4.97. The first-order valence-corrected chi connectivity index (χ1v) is 10.6. The van der Waals surface area contributed by atoms with Gasteiger partial charge in [-0.25, -0.2) is 4.98 Å². The number of aromatic nitrogens is 2. The zero-order valence-corrected chi connectivity index (χ0v) is 18.3. The second-order valence-corrected chi connectivity index (χ2v) is 9.56. The SMILES string of the molecule is Cc1ccc2nc(Nc3ccc(OC(F)(F)F)cc3)n([C@H]3C[C@@H](C)CC(C)(C)C3)c2c1. The molecule has 0 spiro atoms. The molecule has 0 aliphatic heterocycles. The Morgan fingerprint density at radius 3 is 2.45 bits per heavy atom. The molecule has 0 saturated heterocycles. The van der Waals surface area contributed by atoms with Crippen molar-refractivity contribution in [2.75, 3.05) is 5.32 Å². The van der Waals surface area contributed by atoms with E-state index in [9.17, 15) is 13.2 Å². The number of rotatable bonds is 4. The van der Waals surface area contributed by atoms with Crippen LogP contribution in [-0.2, 0) is 0 Å². The van der Waals surface area contributed by atoms with Gasteiger partial charge in [-0.3, -0.25) is 0 Å². The lowest BCUT2D eigenvalue weighted by molar-refractivity contribution is -0.274. The fourth-order valence-electron chi connectivity index (χ4n) is 5.02. The number of benzene rings is 2. The van der Waals surface area contributed by atoms with Crippen molar-refractivity contribution in [2.45, 2.75) is 59.4 Å². The van der Waals surface area contributed by atoms with E-state index in [4.69, 9.17) is 4.98 Å². The van der Waals surface area contributed by atoms with Crippen LogP contribution >= 0.6 is 0 Å². The molecular weight excluding hydrogens is 403 g/mol. The number of anilines is 2. The first kappa shape index (κ1) is 21.5. The smallest absolute Gasteiger partial charge is 0.406 e. The molecule has 1 aromatic heterocycles. The summed E-state index contributed by atoms with van der Waals surface area (Å²) in [4.78, 5) is 4.82. The lowest BCUT2D eigenvalue weighted by atomic mass is 9.70. The number of nitrogens with one attached hydrogen (secondary N) is 1. The Bertz CT molecular complexity index is 1070. The van der Waals surface area contributed by atoms with E-state index in [1.165, 1.54) is 18.6 Å². The Hall–Kier alpha value is -2.70. The average Bonchev–Trinajstić information content (AvgIpc) is 2.97. The van der Waals surface area contributed by atoms with Crippen molar-refractivity contribution in [3.63, 3.8) is 0 Å². The number of ether oxygens (including phenoxy) is 1. The van der Waals surface area contributed by atoms with E-state index >= 15 is 0 Å². The van der Waals surface area contributed by atoms with Crippen molar-refractivity contribution in [3.8, 4) is 5.75 Å². The fourth-order valence-corrected chi connectivity index (χ4v) is 5.02. The molecule has 1 saturated carbocycles. The van der Waals surface area contributed by atoms with E-state index in [0.717, 1.165) is 29.4 Å². The van der Waals surface area contributed by atoms with Gasteiger partial charge in [0.1, 0.15) is 5.75 Å². The van der Waals surface area contributed by atoms with Crippen LogP contribution in [0.5, 0.6) is 5.75 Å². The molecule has 31 heavy (non-hydrogen) atoms. The van der Waals surface area contributed by atoms with Gasteiger partial charge in [0, 0.05) is 11.7 Å². The second kappa shape index (κ2) is 7.77. The minimum Gasteiger partial charge on any atom is -0.406 e. The van der Waals surface area contributed by atoms with E-state index in [-0.39, 0.29) is 11.2 Å². The van der Waals surface area contributed by atoms with Crippen molar-refractivity contribution in [3.05, 3.63) is 48.0 Å². The molecule has 4 nitrogen and oxygen atoms in total. The summed E-state index contributed by atoms with van der Waals surface area (Å²) in [5, 5.41) is 3.33. The first-order valence-electron chi connectivity index (χ1n) is 10.6. The highest BCUT2D eigenvalue weighted by atomic mass is 19.4. The minimum absolute atomic E-state index is 0.233. The van der Waals surface area contributed by atoms with Crippen molar-refractivity contribution in [1.29, 1.82) is 0 Å². The van der Waals surface area contributed by atoms with E-state index in [1.807, 2.05) is 12.1 Å². The van der Waals surface area contributed by atoms with Gasteiger partial charge in [0.05, 0.1) is 11.0 Å². The number of aryl methyl sites for hydroxylation is 1. The number of fused-ring (bicyclic) bond motifs is 1. The zero-order valence-electron chi connectivity index (χ0n) is 18.3. The van der Waals surface area contributed by atoms with Gasteiger partial charge in [-0.05, 0) is 79.5 Å². The van der Waals surface area contributed by atoms with Crippen LogP contribution in [0.3, 0.4) is 0 Å². The van der Waals surface area contributed by atoms with Crippen LogP contribution in [0.2, 0.25) is 0 Å². The van der Waals surface area contributed by atoms with Gasteiger partial charge >= 0.3 is 6.36 Å². The van der Waals surface area contributed by atoms with Gasteiger partial charge in [-0.1, -0.05) is 26.8 Å². The zero-order chi connectivity index (χ0) is 22.4. The summed E-state index contributed by atoms with van der Waals surface area (Å²) in [7, 11) is 0. The van der Waals surface area contributed by atoms with Crippen LogP contribution in [0.25, 0.3) is 11.0 Å². The van der Waals surface area contributed by atoms with Crippen LogP contribution < -0.4 is 10.1 Å². The van der Waals surface area contributed by atoms with Gasteiger partial charge in [-0.2, -0.15) is 0 Å². The normalized spacial score (nSPS) is 21.3. The molecule has 2 atom stereocenters. The second-order valence-electron chi connectivity index (χ2n) is 9.56. The molecule has 1 N–H and O–H groups in total. The monoisotopic (exact) mass is 431 g/mol. The number of hydrogen-bond acceptors (Lipinski definition) is 3. The number of alkyl halides is 3. The predicted molar refractivity (Wildman–Crippen MR) is 117 cm³/mol. The maximum Gasteiger partial charge on any atom is 0.573 e. The van der Waals surface area contributed by atoms with Crippen LogP contribution in [0.4, 0.5) is 24.8 Å².